The van der Waals surface area contributed by atoms with Crippen LogP contribution in [0, 0.1) is 17.1 Å². The number of nitrogens with two attached hydrogens (primary N) is 1. The van der Waals surface area contributed by atoms with Crippen molar-refractivity contribution in [3.8, 4) is 11.8 Å². The van der Waals surface area contributed by atoms with Crippen molar-refractivity contribution in [3.63, 3.8) is 0 Å². The van der Waals surface area contributed by atoms with E-state index in [-0.39, 0.29) is 35.6 Å². The van der Waals surface area contributed by atoms with Crippen LogP contribution in [0.2, 0.25) is 0 Å². The highest BCUT2D eigenvalue weighted by Crippen LogP contribution is 2.21. The first-order chi connectivity index (χ1) is 13.1. The van der Waals surface area contributed by atoms with Crippen LogP contribution in [0.3, 0.4) is 0 Å². The van der Waals surface area contributed by atoms with Gasteiger partial charge in [-0.1, -0.05) is 0 Å². The SMILES string of the molecule is CN=C(NCCCc1nn(-c2ccc(F)cc2)c(N)c1C#N)N1CCCC1.I. The summed E-state index contributed by atoms with van der Waals surface area (Å²) in [7, 11) is 1.79. The summed E-state index contributed by atoms with van der Waals surface area (Å²) in [6.07, 6.45) is 3.81. The highest BCUT2D eigenvalue weighted by atomic mass is 127. The van der Waals surface area contributed by atoms with E-state index < -0.39 is 0 Å². The zero-order chi connectivity index (χ0) is 19.2. The van der Waals surface area contributed by atoms with Crippen LogP contribution < -0.4 is 11.1 Å². The minimum absolute atomic E-state index is 0. The van der Waals surface area contributed by atoms with Gasteiger partial charge in [0.25, 0.3) is 0 Å². The summed E-state index contributed by atoms with van der Waals surface area (Å²) >= 11 is 0. The minimum atomic E-state index is -0.331. The Hall–Kier alpha value is -2.35. The molecule has 1 fully saturated rings. The highest BCUT2D eigenvalue weighted by molar-refractivity contribution is 14.0. The molecule has 3 rings (SSSR count). The number of nitrogen functional groups attached to an aromatic ring is 1. The van der Waals surface area contributed by atoms with Crippen LogP contribution in [0.1, 0.15) is 30.5 Å². The molecule has 1 aromatic carbocycles. The van der Waals surface area contributed by atoms with E-state index in [1.54, 1.807) is 19.2 Å². The van der Waals surface area contributed by atoms with Gasteiger partial charge in [0.2, 0.25) is 0 Å². The van der Waals surface area contributed by atoms with Crippen molar-refractivity contribution in [2.75, 3.05) is 32.4 Å². The third-order valence-corrected chi connectivity index (χ3v) is 4.67. The smallest absolute Gasteiger partial charge is 0.193 e. The summed E-state index contributed by atoms with van der Waals surface area (Å²) in [5, 5.41) is 17.3. The maximum atomic E-state index is 13.1. The van der Waals surface area contributed by atoms with Gasteiger partial charge in [-0.2, -0.15) is 10.4 Å². The van der Waals surface area contributed by atoms with Gasteiger partial charge in [-0.25, -0.2) is 9.07 Å². The second kappa shape index (κ2) is 10.3. The zero-order valence-corrected chi connectivity index (χ0v) is 18.2. The molecule has 0 radical (unpaired) electrons. The first kappa shape index (κ1) is 21.9. The van der Waals surface area contributed by atoms with Gasteiger partial charge in [0.15, 0.2) is 5.96 Å². The number of aliphatic imine (C=N–C) groups is 1. The van der Waals surface area contributed by atoms with Crippen LogP contribution in [0.5, 0.6) is 0 Å². The molecule has 0 bridgehead atoms. The number of anilines is 1. The molecular weight excluding hydrogens is 472 g/mol. The van der Waals surface area contributed by atoms with Crippen LogP contribution in [0.15, 0.2) is 29.3 Å². The Bertz CT molecular complexity index is 848. The molecule has 150 valence electrons. The molecule has 1 aliphatic rings. The quantitative estimate of drug-likeness (QED) is 0.287. The fourth-order valence-electron chi connectivity index (χ4n) is 3.27. The number of hydrogen-bond acceptors (Lipinski definition) is 4. The lowest BCUT2D eigenvalue weighted by Gasteiger charge is -2.20. The van der Waals surface area contributed by atoms with E-state index in [0.29, 0.717) is 23.4 Å². The number of guanidine groups is 1. The van der Waals surface area contributed by atoms with Crippen LogP contribution >= 0.6 is 24.0 Å². The largest absolute Gasteiger partial charge is 0.382 e. The lowest BCUT2D eigenvalue weighted by Crippen LogP contribution is -2.40. The summed E-state index contributed by atoms with van der Waals surface area (Å²) < 4.78 is 14.6. The van der Waals surface area contributed by atoms with Crippen molar-refractivity contribution in [3.05, 3.63) is 41.3 Å². The molecule has 2 aromatic rings. The molecule has 1 saturated heterocycles. The zero-order valence-electron chi connectivity index (χ0n) is 15.9. The van der Waals surface area contributed by atoms with E-state index in [4.69, 9.17) is 5.73 Å². The maximum Gasteiger partial charge on any atom is 0.193 e. The summed E-state index contributed by atoms with van der Waals surface area (Å²) in [5.74, 6) is 0.868. The van der Waals surface area contributed by atoms with Crippen LogP contribution in [0.4, 0.5) is 10.2 Å². The average molecular weight is 497 g/mol. The predicted molar refractivity (Wildman–Crippen MR) is 119 cm³/mol. The second-order valence-corrected chi connectivity index (χ2v) is 6.48. The Morgan fingerprint density at radius 2 is 2.00 bits per heavy atom. The molecule has 2 heterocycles. The topological polar surface area (TPSA) is 95.3 Å². The normalized spacial score (nSPS) is 13.9. The number of nitrogens with one attached hydrogen (secondary N) is 1. The molecule has 7 nitrogen and oxygen atoms in total. The fraction of sp³-hybridized carbons (Fsp3) is 0.421. The number of nitrogens with zero attached hydrogens (tertiary/aromatic N) is 5. The van der Waals surface area contributed by atoms with Crippen LogP contribution in [-0.2, 0) is 6.42 Å². The summed E-state index contributed by atoms with van der Waals surface area (Å²) in [6.45, 7) is 2.81. The molecule has 0 spiro atoms. The van der Waals surface area contributed by atoms with Crippen molar-refractivity contribution in [1.82, 2.24) is 20.0 Å². The molecule has 9 heteroatoms. The van der Waals surface area contributed by atoms with E-state index in [0.717, 1.165) is 32.0 Å². The van der Waals surface area contributed by atoms with Crippen molar-refractivity contribution < 1.29 is 4.39 Å². The predicted octanol–water partition coefficient (Wildman–Crippen LogP) is 2.69. The van der Waals surface area contributed by atoms with Gasteiger partial charge >= 0.3 is 0 Å². The molecular formula is C19H25FIN7. The van der Waals surface area contributed by atoms with Gasteiger partial charge in [0.1, 0.15) is 23.3 Å². The van der Waals surface area contributed by atoms with Gasteiger partial charge < -0.3 is 16.0 Å². The van der Waals surface area contributed by atoms with Crippen molar-refractivity contribution in [1.29, 1.82) is 5.26 Å². The fourth-order valence-corrected chi connectivity index (χ4v) is 3.27. The van der Waals surface area contributed by atoms with Gasteiger partial charge in [-0.05, 0) is 49.9 Å². The molecule has 0 unspecified atom stereocenters. The molecule has 28 heavy (non-hydrogen) atoms. The second-order valence-electron chi connectivity index (χ2n) is 6.48. The van der Waals surface area contributed by atoms with Gasteiger partial charge in [-0.3, -0.25) is 4.99 Å². The van der Waals surface area contributed by atoms with E-state index in [2.05, 4.69) is 26.4 Å². The Morgan fingerprint density at radius 1 is 1.32 bits per heavy atom. The van der Waals surface area contributed by atoms with E-state index in [1.165, 1.54) is 29.7 Å². The molecule has 1 aliphatic heterocycles. The standard InChI is InChI=1S/C19H24FN7.HI/c1-23-19(26-11-2-3-12-26)24-10-4-5-17-16(13-21)18(22)27(25-17)15-8-6-14(20)7-9-15;/h6-9H,2-5,10-12,22H2,1H3,(H,23,24);1H. The first-order valence-electron chi connectivity index (χ1n) is 9.13. The Kier molecular flexibility index (Phi) is 8.04. The van der Waals surface area contributed by atoms with E-state index in [1.807, 2.05) is 0 Å². The van der Waals surface area contributed by atoms with Crippen LogP contribution in [-0.4, -0.2) is 47.3 Å². The lowest BCUT2D eigenvalue weighted by atomic mass is 10.1. The highest BCUT2D eigenvalue weighted by Gasteiger charge is 2.17. The molecule has 0 saturated carbocycles. The minimum Gasteiger partial charge on any atom is -0.382 e. The number of halogens is 2. The maximum absolute atomic E-state index is 13.1. The lowest BCUT2D eigenvalue weighted by molar-refractivity contribution is 0.492. The average Bonchev–Trinajstić information content (AvgIpc) is 3.31. The summed E-state index contributed by atoms with van der Waals surface area (Å²) in [6, 6.07) is 8.00. The molecule has 0 atom stereocenters. The number of nitriles is 1. The summed E-state index contributed by atoms with van der Waals surface area (Å²) in [5.41, 5.74) is 7.74. The molecule has 0 aliphatic carbocycles. The molecule has 3 N–H and O–H groups in total. The monoisotopic (exact) mass is 497 g/mol. The number of aromatic nitrogens is 2. The summed E-state index contributed by atoms with van der Waals surface area (Å²) in [4.78, 5) is 6.57. The first-order valence-corrected chi connectivity index (χ1v) is 9.13. The van der Waals surface area contributed by atoms with Crippen molar-refractivity contribution >= 4 is 35.8 Å². The van der Waals surface area contributed by atoms with Gasteiger partial charge in [-0.15, -0.1) is 24.0 Å². The van der Waals surface area contributed by atoms with Gasteiger partial charge in [0.05, 0.1) is 11.4 Å². The van der Waals surface area contributed by atoms with Crippen molar-refractivity contribution in [2.24, 2.45) is 4.99 Å². The van der Waals surface area contributed by atoms with Crippen LogP contribution in [0.25, 0.3) is 5.69 Å². The Labute approximate surface area is 181 Å². The Balaban J connectivity index is 0.00000280. The van der Waals surface area contributed by atoms with E-state index >= 15 is 0 Å². The number of rotatable bonds is 5. The third-order valence-electron chi connectivity index (χ3n) is 4.67. The Morgan fingerprint density at radius 3 is 2.61 bits per heavy atom. The number of likely N-dealkylation sites (tertiary alicyclic amines) is 1. The van der Waals surface area contributed by atoms with E-state index in [9.17, 15) is 9.65 Å². The molecule has 0 amide bonds. The van der Waals surface area contributed by atoms with Crippen molar-refractivity contribution in [2.45, 2.75) is 25.7 Å². The number of hydrogen-bond donors (Lipinski definition) is 2. The number of aryl methyl sites for hydroxylation is 1. The third kappa shape index (κ3) is 4.92. The molecule has 1 aromatic heterocycles. The van der Waals surface area contributed by atoms with Gasteiger partial charge in [0, 0.05) is 26.7 Å². The number of benzene rings is 1.